The first kappa shape index (κ1) is 19.5. The third kappa shape index (κ3) is 4.91. The molecule has 5 nitrogen and oxygen atoms in total. The Morgan fingerprint density at radius 2 is 2.07 bits per heavy atom. The fraction of sp³-hybridized carbons (Fsp3) is 0.450. The molecule has 1 saturated carbocycles. The number of halogens is 1. The lowest BCUT2D eigenvalue weighted by atomic mass is 9.74. The molecule has 1 aromatic heterocycles. The van der Waals surface area contributed by atoms with Crippen LogP contribution in [0.5, 0.6) is 0 Å². The van der Waals surface area contributed by atoms with E-state index in [0.717, 1.165) is 23.4 Å². The smallest absolute Gasteiger partial charge is 0.308 e. The summed E-state index contributed by atoms with van der Waals surface area (Å²) in [4.78, 5) is 28.5. The van der Waals surface area contributed by atoms with Crippen molar-refractivity contribution in [2.45, 2.75) is 51.0 Å². The number of aromatic nitrogens is 1. The largest absolute Gasteiger partial charge is 0.481 e. The number of aliphatic carboxylic acids is 1. The van der Waals surface area contributed by atoms with Gasteiger partial charge in [-0.25, -0.2) is 9.37 Å². The summed E-state index contributed by atoms with van der Waals surface area (Å²) in [6, 6.07) is 6.28. The van der Waals surface area contributed by atoms with Gasteiger partial charge in [-0.2, -0.15) is 0 Å². The predicted octanol–water partition coefficient (Wildman–Crippen LogP) is 3.57. The van der Waals surface area contributed by atoms with Crippen LogP contribution in [-0.2, 0) is 22.4 Å². The Labute approximate surface area is 161 Å². The SMILES string of the molecule is CC1(NC(=O)Cc2csc(Cc3ccc(F)cc3)n2)CCCCC1C(=O)O. The number of nitrogens with zero attached hydrogens (tertiary/aromatic N) is 1. The quantitative estimate of drug-likeness (QED) is 0.790. The minimum atomic E-state index is -0.854. The average Bonchev–Trinajstić information content (AvgIpc) is 3.03. The molecule has 7 heteroatoms. The monoisotopic (exact) mass is 390 g/mol. The summed E-state index contributed by atoms with van der Waals surface area (Å²) in [5, 5.41) is 15.1. The van der Waals surface area contributed by atoms with Crippen LogP contribution in [0.25, 0.3) is 0 Å². The number of carboxylic acids is 1. The Bertz CT molecular complexity index is 821. The van der Waals surface area contributed by atoms with E-state index in [-0.39, 0.29) is 18.1 Å². The van der Waals surface area contributed by atoms with Gasteiger partial charge in [0.1, 0.15) is 5.82 Å². The van der Waals surface area contributed by atoms with E-state index in [9.17, 15) is 19.1 Å². The molecule has 1 aromatic carbocycles. The van der Waals surface area contributed by atoms with Crippen molar-refractivity contribution in [1.29, 1.82) is 0 Å². The van der Waals surface area contributed by atoms with Gasteiger partial charge in [-0.05, 0) is 37.5 Å². The average molecular weight is 390 g/mol. The van der Waals surface area contributed by atoms with Crippen molar-refractivity contribution in [3.05, 3.63) is 51.7 Å². The number of thiazole rings is 1. The Balaban J connectivity index is 1.60. The number of hydrogen-bond donors (Lipinski definition) is 2. The van der Waals surface area contributed by atoms with E-state index in [1.807, 2.05) is 12.3 Å². The van der Waals surface area contributed by atoms with Crippen molar-refractivity contribution in [1.82, 2.24) is 10.3 Å². The van der Waals surface area contributed by atoms with E-state index in [0.29, 0.717) is 25.0 Å². The summed E-state index contributed by atoms with van der Waals surface area (Å²) >= 11 is 1.46. The lowest BCUT2D eigenvalue weighted by Crippen LogP contribution is -2.55. The van der Waals surface area contributed by atoms with Gasteiger partial charge in [-0.15, -0.1) is 11.3 Å². The van der Waals surface area contributed by atoms with Crippen LogP contribution in [-0.4, -0.2) is 27.5 Å². The zero-order valence-electron chi connectivity index (χ0n) is 15.2. The van der Waals surface area contributed by atoms with Crippen molar-refractivity contribution < 1.29 is 19.1 Å². The van der Waals surface area contributed by atoms with Crippen LogP contribution in [0.15, 0.2) is 29.6 Å². The van der Waals surface area contributed by atoms with Crippen molar-refractivity contribution in [2.24, 2.45) is 5.92 Å². The van der Waals surface area contributed by atoms with E-state index in [2.05, 4.69) is 10.3 Å². The molecule has 1 heterocycles. The van der Waals surface area contributed by atoms with Crippen LogP contribution in [0.1, 0.15) is 48.9 Å². The molecule has 0 radical (unpaired) electrons. The zero-order valence-corrected chi connectivity index (χ0v) is 16.0. The maximum atomic E-state index is 13.0. The summed E-state index contributed by atoms with van der Waals surface area (Å²) in [5.74, 6) is -1.89. The molecule has 2 aromatic rings. The van der Waals surface area contributed by atoms with Gasteiger partial charge in [0.2, 0.25) is 5.91 Å². The Morgan fingerprint density at radius 1 is 1.33 bits per heavy atom. The molecule has 144 valence electrons. The van der Waals surface area contributed by atoms with Crippen LogP contribution < -0.4 is 5.32 Å². The highest BCUT2D eigenvalue weighted by atomic mass is 32.1. The number of amides is 1. The van der Waals surface area contributed by atoms with Crippen LogP contribution in [0.4, 0.5) is 4.39 Å². The van der Waals surface area contributed by atoms with Gasteiger partial charge >= 0.3 is 5.97 Å². The zero-order chi connectivity index (χ0) is 19.4. The summed E-state index contributed by atoms with van der Waals surface area (Å²) in [6.45, 7) is 1.82. The Kier molecular flexibility index (Phi) is 5.89. The Morgan fingerprint density at radius 3 is 2.78 bits per heavy atom. The lowest BCUT2D eigenvalue weighted by molar-refractivity contribution is -0.146. The molecule has 0 saturated heterocycles. The van der Waals surface area contributed by atoms with E-state index in [4.69, 9.17) is 0 Å². The second-order valence-corrected chi connectivity index (χ2v) is 8.26. The van der Waals surface area contributed by atoms with E-state index in [1.54, 1.807) is 12.1 Å². The van der Waals surface area contributed by atoms with E-state index in [1.165, 1.54) is 23.5 Å². The molecule has 0 bridgehead atoms. The van der Waals surface area contributed by atoms with Gasteiger partial charge in [0.15, 0.2) is 0 Å². The summed E-state index contributed by atoms with van der Waals surface area (Å²) in [6.07, 6.45) is 3.76. The minimum Gasteiger partial charge on any atom is -0.481 e. The highest BCUT2D eigenvalue weighted by Crippen LogP contribution is 2.34. The number of carboxylic acid groups (broad SMARTS) is 1. The van der Waals surface area contributed by atoms with Crippen LogP contribution >= 0.6 is 11.3 Å². The van der Waals surface area contributed by atoms with Crippen molar-refractivity contribution in [3.8, 4) is 0 Å². The standard InChI is InChI=1S/C20H23FN2O3S/c1-20(9-3-2-4-16(20)19(25)26)23-17(24)11-15-12-27-18(22-15)10-13-5-7-14(21)8-6-13/h5-8,12,16H,2-4,9-11H2,1H3,(H,23,24)(H,25,26). The van der Waals surface area contributed by atoms with Crippen LogP contribution in [0, 0.1) is 11.7 Å². The molecular weight excluding hydrogens is 367 g/mol. The van der Waals surface area contributed by atoms with Gasteiger partial charge in [-0.1, -0.05) is 25.0 Å². The number of carbonyl (C=O) groups is 2. The Hall–Kier alpha value is -2.28. The molecule has 27 heavy (non-hydrogen) atoms. The first-order chi connectivity index (χ1) is 12.9. The van der Waals surface area contributed by atoms with Crippen molar-refractivity contribution in [3.63, 3.8) is 0 Å². The number of nitrogens with one attached hydrogen (secondary N) is 1. The first-order valence-electron chi connectivity index (χ1n) is 9.07. The summed E-state index contributed by atoms with van der Waals surface area (Å²) in [5.41, 5.74) is 0.912. The summed E-state index contributed by atoms with van der Waals surface area (Å²) < 4.78 is 13.0. The molecule has 2 unspecified atom stereocenters. The minimum absolute atomic E-state index is 0.127. The van der Waals surface area contributed by atoms with Crippen LogP contribution in [0.3, 0.4) is 0 Å². The van der Waals surface area contributed by atoms with Crippen molar-refractivity contribution in [2.75, 3.05) is 0 Å². The summed E-state index contributed by atoms with van der Waals surface area (Å²) in [7, 11) is 0. The number of hydrogen-bond acceptors (Lipinski definition) is 4. The van der Waals surface area contributed by atoms with Crippen molar-refractivity contribution >= 4 is 23.2 Å². The third-order valence-corrected chi connectivity index (χ3v) is 6.04. The molecule has 2 atom stereocenters. The molecule has 0 spiro atoms. The molecule has 1 aliphatic carbocycles. The maximum Gasteiger partial charge on any atom is 0.308 e. The van der Waals surface area contributed by atoms with E-state index >= 15 is 0 Å². The van der Waals surface area contributed by atoms with Crippen LogP contribution in [0.2, 0.25) is 0 Å². The van der Waals surface area contributed by atoms with Gasteiger partial charge in [0, 0.05) is 11.8 Å². The molecule has 2 N–H and O–H groups in total. The predicted molar refractivity (Wildman–Crippen MR) is 101 cm³/mol. The highest BCUT2D eigenvalue weighted by molar-refractivity contribution is 7.09. The molecular formula is C20H23FN2O3S. The second kappa shape index (κ2) is 8.17. The maximum absolute atomic E-state index is 13.0. The molecule has 0 aliphatic heterocycles. The number of benzene rings is 1. The van der Waals surface area contributed by atoms with Gasteiger partial charge in [0.25, 0.3) is 0 Å². The molecule has 1 aliphatic rings. The fourth-order valence-electron chi connectivity index (χ4n) is 3.69. The van der Waals surface area contributed by atoms with Gasteiger partial charge < -0.3 is 10.4 Å². The number of carbonyl (C=O) groups excluding carboxylic acids is 1. The molecule has 1 fully saturated rings. The molecule has 1 amide bonds. The molecule has 3 rings (SSSR count). The normalized spacial score (nSPS) is 22.4. The lowest BCUT2D eigenvalue weighted by Gasteiger charge is -2.39. The highest BCUT2D eigenvalue weighted by Gasteiger charge is 2.42. The second-order valence-electron chi connectivity index (χ2n) is 7.31. The van der Waals surface area contributed by atoms with E-state index < -0.39 is 17.4 Å². The van der Waals surface area contributed by atoms with Gasteiger partial charge in [-0.3, -0.25) is 9.59 Å². The first-order valence-corrected chi connectivity index (χ1v) is 9.95. The fourth-order valence-corrected chi connectivity index (χ4v) is 4.52. The van der Waals surface area contributed by atoms with Gasteiger partial charge in [0.05, 0.1) is 28.6 Å². The topological polar surface area (TPSA) is 79.3 Å². The third-order valence-electron chi connectivity index (χ3n) is 5.14. The number of rotatable bonds is 6.